The lowest BCUT2D eigenvalue weighted by molar-refractivity contribution is -0.132. The van der Waals surface area contributed by atoms with Crippen molar-refractivity contribution in [2.24, 2.45) is 5.10 Å². The van der Waals surface area contributed by atoms with Crippen molar-refractivity contribution in [1.82, 2.24) is 9.91 Å². The highest BCUT2D eigenvalue weighted by atomic mass is 35.5. The van der Waals surface area contributed by atoms with Crippen molar-refractivity contribution in [1.29, 1.82) is 0 Å². The predicted molar refractivity (Wildman–Crippen MR) is 122 cm³/mol. The van der Waals surface area contributed by atoms with E-state index < -0.39 is 17.3 Å². The quantitative estimate of drug-likeness (QED) is 0.304. The Morgan fingerprint density at radius 1 is 1.28 bits per heavy atom. The van der Waals surface area contributed by atoms with Gasteiger partial charge in [0.25, 0.3) is 0 Å². The van der Waals surface area contributed by atoms with Gasteiger partial charge < -0.3 is 14.5 Å². The summed E-state index contributed by atoms with van der Waals surface area (Å²) in [5.74, 6) is -0.266. The minimum atomic E-state index is -4.65. The topological polar surface area (TPSA) is 48.4 Å². The summed E-state index contributed by atoms with van der Waals surface area (Å²) in [4.78, 5) is 16.6. The molecule has 0 spiro atoms. The number of benzene rings is 1. The molecule has 1 saturated heterocycles. The second-order valence-corrected chi connectivity index (χ2v) is 8.57. The molecular weight excluding hydrogens is 468 g/mol. The standard InChI is InChI=1S/C21H29Cl2F3N4O2/c1-4-30(27-20(15(2)22)21(24,25)26)13-19(31)29-9-5-8-28(10-11-29)17-6-7-18(23)16(12-17)14-32-3/h6-7,12,15H,4-5,8-11,13-14H2,1-3H3/b27-20+. The van der Waals surface area contributed by atoms with Gasteiger partial charge in [-0.25, -0.2) is 0 Å². The number of likely N-dealkylation sites (N-methyl/N-ethyl adjacent to an activating group) is 1. The van der Waals surface area contributed by atoms with Crippen LogP contribution in [0.1, 0.15) is 25.8 Å². The molecule has 0 saturated carbocycles. The number of halogens is 5. The lowest BCUT2D eigenvalue weighted by atomic mass is 10.2. The lowest BCUT2D eigenvalue weighted by Crippen LogP contribution is -2.42. The van der Waals surface area contributed by atoms with Gasteiger partial charge in [-0.05, 0) is 44.0 Å². The molecule has 1 amide bonds. The summed E-state index contributed by atoms with van der Waals surface area (Å²) < 4.78 is 44.7. The third-order valence-electron chi connectivity index (χ3n) is 5.14. The van der Waals surface area contributed by atoms with Crippen LogP contribution >= 0.6 is 23.2 Å². The molecule has 1 heterocycles. The summed E-state index contributed by atoms with van der Waals surface area (Å²) in [6.07, 6.45) is -3.92. The summed E-state index contributed by atoms with van der Waals surface area (Å²) in [6.45, 7) is 5.50. The zero-order valence-electron chi connectivity index (χ0n) is 18.5. The van der Waals surface area contributed by atoms with Gasteiger partial charge >= 0.3 is 6.18 Å². The first kappa shape index (κ1) is 26.5. The number of methoxy groups -OCH3 is 1. The molecule has 1 aromatic carbocycles. The molecule has 32 heavy (non-hydrogen) atoms. The molecule has 0 aliphatic carbocycles. The van der Waals surface area contributed by atoms with Gasteiger partial charge in [0.1, 0.15) is 6.54 Å². The molecule has 0 aromatic heterocycles. The summed E-state index contributed by atoms with van der Waals surface area (Å²) in [5.41, 5.74) is 0.765. The van der Waals surface area contributed by atoms with Crippen molar-refractivity contribution < 1.29 is 22.7 Å². The van der Waals surface area contributed by atoms with E-state index in [1.54, 1.807) is 18.9 Å². The zero-order valence-corrected chi connectivity index (χ0v) is 20.0. The molecule has 0 N–H and O–H groups in total. The van der Waals surface area contributed by atoms with E-state index >= 15 is 0 Å². The minimum absolute atomic E-state index is 0.155. The van der Waals surface area contributed by atoms with Gasteiger partial charge in [0, 0.05) is 50.5 Å². The number of amides is 1. The van der Waals surface area contributed by atoms with Crippen molar-refractivity contribution in [3.05, 3.63) is 28.8 Å². The van der Waals surface area contributed by atoms with Gasteiger partial charge in [0.15, 0.2) is 5.71 Å². The number of hydrogen-bond donors (Lipinski definition) is 0. The van der Waals surface area contributed by atoms with Gasteiger partial charge in [0.05, 0.1) is 12.0 Å². The highest BCUT2D eigenvalue weighted by molar-refractivity contribution is 6.32. The fourth-order valence-electron chi connectivity index (χ4n) is 3.44. The predicted octanol–water partition coefficient (Wildman–Crippen LogP) is 4.39. The minimum Gasteiger partial charge on any atom is -0.380 e. The normalized spacial score (nSPS) is 16.7. The van der Waals surface area contributed by atoms with Crippen LogP contribution in [0.5, 0.6) is 0 Å². The maximum atomic E-state index is 13.2. The average molecular weight is 497 g/mol. The molecule has 1 unspecified atom stereocenters. The Hall–Kier alpha value is -1.71. The molecular formula is C21H29Cl2F3N4O2. The first-order valence-corrected chi connectivity index (χ1v) is 11.2. The fourth-order valence-corrected chi connectivity index (χ4v) is 3.78. The summed E-state index contributed by atoms with van der Waals surface area (Å²) in [6, 6.07) is 5.73. The average Bonchev–Trinajstić information content (AvgIpc) is 2.98. The molecule has 1 aliphatic heterocycles. The largest absolute Gasteiger partial charge is 0.432 e. The smallest absolute Gasteiger partial charge is 0.380 e. The van der Waals surface area contributed by atoms with Crippen LogP contribution in [0.3, 0.4) is 0 Å². The number of ether oxygens (including phenoxy) is 1. The molecule has 0 bridgehead atoms. The third kappa shape index (κ3) is 7.42. The number of hydrazone groups is 1. The molecule has 0 radical (unpaired) electrons. The second-order valence-electron chi connectivity index (χ2n) is 7.51. The van der Waals surface area contributed by atoms with Gasteiger partial charge in [-0.15, -0.1) is 11.6 Å². The molecule has 11 heteroatoms. The number of nitrogens with zero attached hydrogens (tertiary/aromatic N) is 4. The van der Waals surface area contributed by atoms with Crippen LogP contribution in [0.15, 0.2) is 23.3 Å². The zero-order chi connectivity index (χ0) is 23.9. The van der Waals surface area contributed by atoms with E-state index in [0.29, 0.717) is 31.3 Å². The molecule has 1 aromatic rings. The van der Waals surface area contributed by atoms with Crippen molar-refractivity contribution in [3.63, 3.8) is 0 Å². The molecule has 1 atom stereocenters. The summed E-state index contributed by atoms with van der Waals surface area (Å²) in [5, 5.41) is 4.07. The number of carbonyl (C=O) groups is 1. The molecule has 180 valence electrons. The summed E-state index contributed by atoms with van der Waals surface area (Å²) >= 11 is 11.9. The third-order valence-corrected chi connectivity index (χ3v) is 5.72. The Balaban J connectivity index is 2.05. The monoisotopic (exact) mass is 496 g/mol. The SMILES string of the molecule is CCN(CC(=O)N1CCCN(c2ccc(Cl)c(COC)c2)CC1)/N=C(\C(C)Cl)C(F)(F)F. The van der Waals surface area contributed by atoms with Crippen LogP contribution in [0, 0.1) is 0 Å². The van der Waals surface area contributed by atoms with Crippen LogP contribution in [-0.2, 0) is 16.1 Å². The Bertz CT molecular complexity index is 806. The van der Waals surface area contributed by atoms with E-state index in [1.807, 2.05) is 18.2 Å². The Morgan fingerprint density at radius 3 is 2.59 bits per heavy atom. The van der Waals surface area contributed by atoms with Crippen molar-refractivity contribution in [2.45, 2.75) is 38.4 Å². The first-order valence-electron chi connectivity index (χ1n) is 10.4. The Morgan fingerprint density at radius 2 is 2.00 bits per heavy atom. The van der Waals surface area contributed by atoms with Crippen LogP contribution in [0.25, 0.3) is 0 Å². The fraction of sp³-hybridized carbons (Fsp3) is 0.619. The Labute approximate surface area is 196 Å². The van der Waals surface area contributed by atoms with Crippen LogP contribution < -0.4 is 4.90 Å². The van der Waals surface area contributed by atoms with E-state index in [4.69, 9.17) is 27.9 Å². The van der Waals surface area contributed by atoms with Crippen LogP contribution in [-0.4, -0.2) is 79.5 Å². The van der Waals surface area contributed by atoms with Gasteiger partial charge in [-0.1, -0.05) is 11.6 Å². The maximum Gasteiger partial charge on any atom is 0.432 e. The van der Waals surface area contributed by atoms with Crippen LogP contribution in [0.4, 0.5) is 18.9 Å². The van der Waals surface area contributed by atoms with Crippen molar-refractivity contribution in [3.8, 4) is 0 Å². The van der Waals surface area contributed by atoms with E-state index in [2.05, 4.69) is 10.0 Å². The van der Waals surface area contributed by atoms with E-state index in [0.717, 1.165) is 29.2 Å². The number of rotatable bonds is 8. The highest BCUT2D eigenvalue weighted by Crippen LogP contribution is 2.25. The number of carbonyl (C=O) groups excluding carboxylic acids is 1. The summed E-state index contributed by atoms with van der Waals surface area (Å²) in [7, 11) is 1.60. The van der Waals surface area contributed by atoms with Crippen molar-refractivity contribution >= 4 is 40.5 Å². The lowest BCUT2D eigenvalue weighted by Gasteiger charge is -2.26. The first-order chi connectivity index (χ1) is 15.1. The number of hydrogen-bond acceptors (Lipinski definition) is 5. The Kier molecular flexibility index (Phi) is 9.91. The van der Waals surface area contributed by atoms with E-state index in [-0.39, 0.29) is 19.0 Å². The van der Waals surface area contributed by atoms with E-state index in [9.17, 15) is 18.0 Å². The molecule has 1 aliphatic rings. The van der Waals surface area contributed by atoms with Crippen molar-refractivity contribution in [2.75, 3.05) is 51.3 Å². The van der Waals surface area contributed by atoms with Gasteiger partial charge in [-0.3, -0.25) is 9.80 Å². The maximum absolute atomic E-state index is 13.2. The highest BCUT2D eigenvalue weighted by Gasteiger charge is 2.39. The van der Waals surface area contributed by atoms with Gasteiger partial charge in [-0.2, -0.15) is 18.3 Å². The van der Waals surface area contributed by atoms with Gasteiger partial charge in [0.2, 0.25) is 5.91 Å². The number of anilines is 1. The number of alkyl halides is 4. The van der Waals surface area contributed by atoms with Crippen LogP contribution in [0.2, 0.25) is 5.02 Å². The molecule has 1 fully saturated rings. The second kappa shape index (κ2) is 12.0. The molecule has 6 nitrogen and oxygen atoms in total. The molecule has 2 rings (SSSR count). The van der Waals surface area contributed by atoms with E-state index in [1.165, 1.54) is 6.92 Å².